The zero-order valence-corrected chi connectivity index (χ0v) is 17.0. The first-order chi connectivity index (χ1) is 12.3. The molecule has 1 amide bonds. The Hall–Kier alpha value is -0.860. The van der Waals surface area contributed by atoms with E-state index in [1.165, 1.54) is 16.4 Å². The normalized spacial score (nSPS) is 21.1. The molecular formula is C17H23Cl2N3O3S. The number of hydrogen-bond donors (Lipinski definition) is 0. The number of carbonyl (C=O) groups is 1. The van der Waals surface area contributed by atoms with Crippen molar-refractivity contribution in [1.82, 2.24) is 14.1 Å². The van der Waals surface area contributed by atoms with Crippen molar-refractivity contribution in [2.24, 2.45) is 0 Å². The lowest BCUT2D eigenvalue weighted by molar-refractivity contribution is -0.135. The number of likely N-dealkylation sites (tertiary alicyclic amines) is 1. The van der Waals surface area contributed by atoms with Crippen molar-refractivity contribution in [3.63, 3.8) is 0 Å². The van der Waals surface area contributed by atoms with Gasteiger partial charge in [0.25, 0.3) is 0 Å². The van der Waals surface area contributed by atoms with E-state index in [0.717, 1.165) is 25.9 Å². The summed E-state index contributed by atoms with van der Waals surface area (Å²) in [5.41, 5.74) is 0. The van der Waals surface area contributed by atoms with Gasteiger partial charge >= 0.3 is 0 Å². The summed E-state index contributed by atoms with van der Waals surface area (Å²) < 4.78 is 27.1. The Balaban J connectivity index is 1.66. The molecule has 2 saturated heterocycles. The van der Waals surface area contributed by atoms with Gasteiger partial charge in [0.2, 0.25) is 15.9 Å². The van der Waals surface area contributed by atoms with Crippen molar-refractivity contribution in [3.05, 3.63) is 28.2 Å². The highest BCUT2D eigenvalue weighted by Crippen LogP contribution is 2.28. The molecule has 1 aromatic rings. The first kappa shape index (κ1) is 19.9. The second-order valence-electron chi connectivity index (χ2n) is 6.72. The van der Waals surface area contributed by atoms with Gasteiger partial charge in [-0.15, -0.1) is 0 Å². The Morgan fingerprint density at radius 2 is 1.65 bits per heavy atom. The van der Waals surface area contributed by atoms with Gasteiger partial charge in [-0.25, -0.2) is 8.42 Å². The molecule has 0 bridgehead atoms. The number of rotatable bonds is 4. The zero-order chi connectivity index (χ0) is 18.9. The van der Waals surface area contributed by atoms with E-state index in [9.17, 15) is 13.2 Å². The quantitative estimate of drug-likeness (QED) is 0.750. The van der Waals surface area contributed by atoms with Crippen LogP contribution in [0.1, 0.15) is 19.8 Å². The van der Waals surface area contributed by atoms with E-state index in [1.807, 2.05) is 16.7 Å². The van der Waals surface area contributed by atoms with Crippen molar-refractivity contribution < 1.29 is 13.2 Å². The fourth-order valence-electron chi connectivity index (χ4n) is 3.50. The smallest absolute Gasteiger partial charge is 0.244 e. The Morgan fingerprint density at radius 3 is 2.27 bits per heavy atom. The number of nitrogens with zero attached hydrogens (tertiary/aromatic N) is 3. The van der Waals surface area contributed by atoms with E-state index < -0.39 is 10.0 Å². The predicted molar refractivity (Wildman–Crippen MR) is 102 cm³/mol. The molecule has 0 N–H and O–H groups in total. The molecule has 1 aromatic carbocycles. The van der Waals surface area contributed by atoms with Crippen molar-refractivity contribution in [3.8, 4) is 0 Å². The number of amides is 1. The number of halogens is 2. The summed E-state index contributed by atoms with van der Waals surface area (Å²) in [6.45, 7) is 5.22. The number of hydrogen-bond acceptors (Lipinski definition) is 4. The second-order valence-corrected chi connectivity index (χ2v) is 9.47. The van der Waals surface area contributed by atoms with E-state index in [1.54, 1.807) is 6.07 Å². The van der Waals surface area contributed by atoms with Crippen LogP contribution < -0.4 is 0 Å². The number of carbonyl (C=O) groups excluding carboxylic acids is 1. The van der Waals surface area contributed by atoms with Crippen LogP contribution in [0.4, 0.5) is 0 Å². The standard InChI is InChI=1S/C17H23Cl2N3O3S/c1-13(17(23)21-6-2-3-7-21)20-8-10-22(11-9-20)26(24,25)16-12-14(18)4-5-15(16)19/h4-5,12-13H,2-3,6-11H2,1H3/t13-/m1/s1. The largest absolute Gasteiger partial charge is 0.341 e. The van der Waals surface area contributed by atoms with Gasteiger partial charge in [-0.3, -0.25) is 9.69 Å². The molecule has 1 atom stereocenters. The molecule has 2 aliphatic rings. The van der Waals surface area contributed by atoms with E-state index in [0.29, 0.717) is 31.2 Å². The second kappa shape index (κ2) is 8.02. The zero-order valence-electron chi connectivity index (χ0n) is 14.7. The average molecular weight is 420 g/mol. The highest BCUT2D eigenvalue weighted by atomic mass is 35.5. The van der Waals surface area contributed by atoms with Crippen LogP contribution in [0.3, 0.4) is 0 Å². The average Bonchev–Trinajstić information content (AvgIpc) is 3.17. The van der Waals surface area contributed by atoms with Gasteiger partial charge in [-0.05, 0) is 38.0 Å². The van der Waals surface area contributed by atoms with Crippen molar-refractivity contribution in [1.29, 1.82) is 0 Å². The van der Waals surface area contributed by atoms with Gasteiger partial charge in [0.05, 0.1) is 11.1 Å². The van der Waals surface area contributed by atoms with Crippen LogP contribution in [0.25, 0.3) is 0 Å². The summed E-state index contributed by atoms with van der Waals surface area (Å²) in [6, 6.07) is 4.20. The molecular weight excluding hydrogens is 397 g/mol. The third-order valence-electron chi connectivity index (χ3n) is 5.11. The summed E-state index contributed by atoms with van der Waals surface area (Å²) in [6.07, 6.45) is 2.12. The topological polar surface area (TPSA) is 60.9 Å². The van der Waals surface area contributed by atoms with Crippen LogP contribution >= 0.6 is 23.2 Å². The molecule has 2 aliphatic heterocycles. The van der Waals surface area contributed by atoms with E-state index >= 15 is 0 Å². The van der Waals surface area contributed by atoms with Gasteiger partial charge in [0.15, 0.2) is 0 Å². The minimum atomic E-state index is -3.71. The highest BCUT2D eigenvalue weighted by Gasteiger charge is 2.34. The lowest BCUT2D eigenvalue weighted by Crippen LogP contribution is -2.55. The Kier molecular flexibility index (Phi) is 6.14. The maximum Gasteiger partial charge on any atom is 0.244 e. The van der Waals surface area contributed by atoms with Crippen molar-refractivity contribution in [2.75, 3.05) is 39.3 Å². The number of sulfonamides is 1. The molecule has 0 saturated carbocycles. The Bertz CT molecular complexity index is 773. The van der Waals surface area contributed by atoms with Gasteiger partial charge in [0, 0.05) is 44.3 Å². The lowest BCUT2D eigenvalue weighted by atomic mass is 10.2. The monoisotopic (exact) mass is 419 g/mol. The van der Waals surface area contributed by atoms with Crippen LogP contribution in [0, 0.1) is 0 Å². The molecule has 26 heavy (non-hydrogen) atoms. The van der Waals surface area contributed by atoms with Crippen LogP contribution in [-0.2, 0) is 14.8 Å². The Morgan fingerprint density at radius 1 is 1.04 bits per heavy atom. The minimum absolute atomic E-state index is 0.0290. The van der Waals surface area contributed by atoms with E-state index in [4.69, 9.17) is 23.2 Å². The predicted octanol–water partition coefficient (Wildman–Crippen LogP) is 2.31. The van der Waals surface area contributed by atoms with Crippen LogP contribution in [0.15, 0.2) is 23.1 Å². The maximum absolute atomic E-state index is 12.9. The third kappa shape index (κ3) is 4.02. The SMILES string of the molecule is C[C@H](C(=O)N1CCCC1)N1CCN(S(=O)(=O)c2cc(Cl)ccc2Cl)CC1. The minimum Gasteiger partial charge on any atom is -0.341 e. The van der Waals surface area contributed by atoms with Gasteiger partial charge < -0.3 is 4.90 Å². The van der Waals surface area contributed by atoms with Crippen molar-refractivity contribution in [2.45, 2.75) is 30.7 Å². The molecule has 0 spiro atoms. The summed E-state index contributed by atoms with van der Waals surface area (Å²) in [7, 11) is -3.71. The summed E-state index contributed by atoms with van der Waals surface area (Å²) in [4.78, 5) is 16.5. The third-order valence-corrected chi connectivity index (χ3v) is 7.72. The van der Waals surface area contributed by atoms with Gasteiger partial charge in [-0.2, -0.15) is 4.31 Å². The molecule has 0 unspecified atom stereocenters. The molecule has 6 nitrogen and oxygen atoms in total. The first-order valence-electron chi connectivity index (χ1n) is 8.79. The highest BCUT2D eigenvalue weighted by molar-refractivity contribution is 7.89. The summed E-state index contributed by atoms with van der Waals surface area (Å²) >= 11 is 12.0. The molecule has 9 heteroatoms. The maximum atomic E-state index is 12.9. The molecule has 144 valence electrons. The number of piperazine rings is 1. The molecule has 0 radical (unpaired) electrons. The molecule has 0 aromatic heterocycles. The van der Waals surface area contributed by atoms with Gasteiger partial charge in [-0.1, -0.05) is 23.2 Å². The molecule has 3 rings (SSSR count). The fraction of sp³-hybridized carbons (Fsp3) is 0.588. The number of benzene rings is 1. The fourth-order valence-corrected chi connectivity index (χ4v) is 5.66. The molecule has 2 heterocycles. The molecule has 2 fully saturated rings. The molecule has 0 aliphatic carbocycles. The van der Waals surface area contributed by atoms with Crippen LogP contribution in [0.2, 0.25) is 10.0 Å². The van der Waals surface area contributed by atoms with Crippen LogP contribution in [-0.4, -0.2) is 73.7 Å². The van der Waals surface area contributed by atoms with E-state index in [-0.39, 0.29) is 21.9 Å². The van der Waals surface area contributed by atoms with Crippen molar-refractivity contribution >= 4 is 39.1 Å². The van der Waals surface area contributed by atoms with Crippen LogP contribution in [0.5, 0.6) is 0 Å². The summed E-state index contributed by atoms with van der Waals surface area (Å²) in [5.74, 6) is 0.136. The first-order valence-corrected chi connectivity index (χ1v) is 11.0. The lowest BCUT2D eigenvalue weighted by Gasteiger charge is -2.37. The summed E-state index contributed by atoms with van der Waals surface area (Å²) in [5, 5.41) is 0.492. The van der Waals surface area contributed by atoms with Gasteiger partial charge in [0.1, 0.15) is 4.90 Å². The Labute approximate surface area is 164 Å². The van der Waals surface area contributed by atoms with E-state index in [2.05, 4.69) is 0 Å².